The molecule has 272 valence electrons. The minimum atomic E-state index is -1.46. The molecule has 2 amide bonds. The van der Waals surface area contributed by atoms with Gasteiger partial charge >= 0.3 is 0 Å². The number of likely N-dealkylation sites (tertiary alicyclic amines) is 1. The van der Waals surface area contributed by atoms with Crippen molar-refractivity contribution in [1.29, 1.82) is 0 Å². The van der Waals surface area contributed by atoms with Gasteiger partial charge in [-0.25, -0.2) is 9.97 Å². The Labute approximate surface area is 302 Å². The van der Waals surface area contributed by atoms with Crippen molar-refractivity contribution in [3.63, 3.8) is 0 Å². The molecule has 9 heteroatoms. The van der Waals surface area contributed by atoms with Crippen LogP contribution in [0.15, 0.2) is 60.9 Å². The van der Waals surface area contributed by atoms with E-state index >= 15 is 0 Å². The number of aromatic nitrogens is 2. The second-order valence-electron chi connectivity index (χ2n) is 16.1. The number of carbonyl (C=O) groups is 2. The zero-order valence-electron chi connectivity index (χ0n) is 30.3. The highest BCUT2D eigenvalue weighted by Gasteiger charge is 2.40. The zero-order chi connectivity index (χ0) is 35.5. The zero-order valence-corrected chi connectivity index (χ0v) is 30.3. The van der Waals surface area contributed by atoms with Gasteiger partial charge in [0.1, 0.15) is 6.04 Å². The predicted molar refractivity (Wildman–Crippen MR) is 199 cm³/mol. The quantitative estimate of drug-likeness (QED) is 0.196. The molecule has 3 N–H and O–H groups in total. The van der Waals surface area contributed by atoms with E-state index in [4.69, 9.17) is 9.97 Å². The number of hydrogen-bond acceptors (Lipinski definition) is 7. The fourth-order valence-corrected chi connectivity index (χ4v) is 8.69. The van der Waals surface area contributed by atoms with Gasteiger partial charge in [0.05, 0.1) is 18.1 Å². The maximum Gasteiger partial charge on any atom is 0.251 e. The van der Waals surface area contributed by atoms with E-state index in [-0.39, 0.29) is 36.2 Å². The Morgan fingerprint density at radius 2 is 1.51 bits per heavy atom. The number of amides is 2. The summed E-state index contributed by atoms with van der Waals surface area (Å²) in [6, 6.07) is 14.7. The summed E-state index contributed by atoms with van der Waals surface area (Å²) in [5.41, 5.74) is 4.82. The summed E-state index contributed by atoms with van der Waals surface area (Å²) < 4.78 is 0. The first-order valence-electron chi connectivity index (χ1n) is 19.4. The lowest BCUT2D eigenvalue weighted by Crippen LogP contribution is -2.60. The maximum absolute atomic E-state index is 13.6. The highest BCUT2D eigenvalue weighted by atomic mass is 16.5. The van der Waals surface area contributed by atoms with E-state index in [0.29, 0.717) is 17.8 Å². The Kier molecular flexibility index (Phi) is 10.8. The highest BCUT2D eigenvalue weighted by Crippen LogP contribution is 2.47. The molecule has 51 heavy (non-hydrogen) atoms. The smallest absolute Gasteiger partial charge is 0.251 e. The molecule has 3 heterocycles. The van der Waals surface area contributed by atoms with Crippen LogP contribution in [0.3, 0.4) is 0 Å². The third kappa shape index (κ3) is 8.30. The van der Waals surface area contributed by atoms with Gasteiger partial charge in [-0.15, -0.1) is 0 Å². The monoisotopic (exact) mass is 693 g/mol. The third-order valence-electron chi connectivity index (χ3n) is 12.5. The number of anilines is 1. The van der Waals surface area contributed by atoms with Crippen molar-refractivity contribution >= 4 is 17.5 Å². The van der Waals surface area contributed by atoms with Gasteiger partial charge in [0.25, 0.3) is 5.91 Å². The van der Waals surface area contributed by atoms with E-state index in [0.717, 1.165) is 60.5 Å². The Bertz CT molecular complexity index is 1620. The van der Waals surface area contributed by atoms with Crippen molar-refractivity contribution in [2.75, 3.05) is 31.1 Å². The van der Waals surface area contributed by atoms with E-state index < -0.39 is 12.3 Å². The molecule has 2 saturated heterocycles. The van der Waals surface area contributed by atoms with E-state index in [1.54, 1.807) is 4.90 Å². The normalized spacial score (nSPS) is 22.8. The number of nitrogens with zero attached hydrogens (tertiary/aromatic N) is 4. The van der Waals surface area contributed by atoms with Gasteiger partial charge in [0.2, 0.25) is 5.91 Å². The number of nitrogens with one attached hydrogen (secondary N) is 1. The Morgan fingerprint density at radius 3 is 2.10 bits per heavy atom. The number of hydrogen-bond donors (Lipinski definition) is 3. The van der Waals surface area contributed by atoms with Gasteiger partial charge in [0, 0.05) is 49.6 Å². The lowest BCUT2D eigenvalue weighted by atomic mass is 9.72. The summed E-state index contributed by atoms with van der Waals surface area (Å²) in [6.07, 6.45) is 16.0. The number of aliphatic hydroxyl groups is 2. The molecule has 0 spiro atoms. The molecule has 1 aromatic heterocycles. The fourth-order valence-electron chi connectivity index (χ4n) is 8.69. The first-order valence-corrected chi connectivity index (χ1v) is 19.4. The molecule has 2 aliphatic carbocycles. The molecule has 2 aromatic carbocycles. The van der Waals surface area contributed by atoms with Gasteiger partial charge in [-0.3, -0.25) is 9.59 Å². The summed E-state index contributed by atoms with van der Waals surface area (Å²) in [5, 5.41) is 22.0. The van der Waals surface area contributed by atoms with Crippen LogP contribution in [0.5, 0.6) is 0 Å². The van der Waals surface area contributed by atoms with Crippen molar-refractivity contribution in [1.82, 2.24) is 20.2 Å². The predicted octanol–water partition coefficient (Wildman–Crippen LogP) is 6.13. The van der Waals surface area contributed by atoms with Crippen molar-refractivity contribution in [2.45, 2.75) is 102 Å². The first-order chi connectivity index (χ1) is 24.7. The van der Waals surface area contributed by atoms with Crippen LogP contribution in [0.4, 0.5) is 5.69 Å². The van der Waals surface area contributed by atoms with E-state index in [1.165, 1.54) is 56.9 Å². The topological polar surface area (TPSA) is 119 Å². The third-order valence-corrected chi connectivity index (χ3v) is 12.5. The Balaban J connectivity index is 0.954. The molecule has 2 saturated carbocycles. The van der Waals surface area contributed by atoms with Crippen molar-refractivity contribution in [3.8, 4) is 11.4 Å². The lowest BCUT2D eigenvalue weighted by molar-refractivity contribution is -0.157. The minimum Gasteiger partial charge on any atom is -0.369 e. The van der Waals surface area contributed by atoms with E-state index in [1.807, 2.05) is 60.9 Å². The Hall–Kier alpha value is -3.82. The van der Waals surface area contributed by atoms with E-state index in [2.05, 4.69) is 24.1 Å². The standard InChI is InChI=1S/C42H55N5O4/c1-3-4-28-5-9-30(10-6-28)31-17-21-46(22-18-31)36-24-43-38(44-25-36)32-11-7-29(8-12-32)23-37(40(49)47-26-34(27-47)41(50)51)45-39(48)33-13-15-35(16-14-33)42(2)19-20-42/h7-8,11-16,24-25,28,30-31,34,37,41,50-51H,3-6,9-10,17-23,26-27H2,1-2H3,(H,45,48)/t28?,30?,37-/m0/s1. The average Bonchev–Trinajstić information content (AvgIpc) is 3.89. The van der Waals surface area contributed by atoms with Crippen LogP contribution in [0.2, 0.25) is 0 Å². The minimum absolute atomic E-state index is 0.210. The molecule has 1 atom stereocenters. The second kappa shape index (κ2) is 15.4. The number of piperidine rings is 1. The van der Waals surface area contributed by atoms with Gasteiger partial charge in [0.15, 0.2) is 12.1 Å². The van der Waals surface area contributed by atoms with Crippen LogP contribution >= 0.6 is 0 Å². The molecular formula is C42H55N5O4. The average molecular weight is 694 g/mol. The van der Waals surface area contributed by atoms with Gasteiger partial charge in [-0.05, 0) is 85.0 Å². The summed E-state index contributed by atoms with van der Waals surface area (Å²) in [4.78, 5) is 40.4. The van der Waals surface area contributed by atoms with Crippen molar-refractivity contribution in [3.05, 3.63) is 77.6 Å². The van der Waals surface area contributed by atoms with Gasteiger partial charge < -0.3 is 25.3 Å². The molecule has 7 rings (SSSR count). The summed E-state index contributed by atoms with van der Waals surface area (Å²) in [7, 11) is 0. The molecule has 0 unspecified atom stereocenters. The number of rotatable bonds is 12. The van der Waals surface area contributed by atoms with E-state index in [9.17, 15) is 19.8 Å². The van der Waals surface area contributed by atoms with Crippen molar-refractivity contribution in [2.24, 2.45) is 23.7 Å². The summed E-state index contributed by atoms with van der Waals surface area (Å²) in [6.45, 7) is 7.18. The number of carbonyl (C=O) groups excluding carboxylic acids is 2. The van der Waals surface area contributed by atoms with Crippen molar-refractivity contribution < 1.29 is 19.8 Å². The summed E-state index contributed by atoms with van der Waals surface area (Å²) in [5.74, 6) is 2.47. The highest BCUT2D eigenvalue weighted by molar-refractivity contribution is 5.97. The van der Waals surface area contributed by atoms with Crippen LogP contribution in [-0.4, -0.2) is 75.4 Å². The fraction of sp³-hybridized carbons (Fsp3) is 0.571. The van der Waals surface area contributed by atoms with Crippen LogP contribution in [0, 0.1) is 23.7 Å². The largest absolute Gasteiger partial charge is 0.369 e. The molecule has 4 aliphatic rings. The molecule has 0 bridgehead atoms. The van der Waals surface area contributed by atoms with Crippen LogP contribution in [0.1, 0.15) is 99.5 Å². The molecule has 2 aliphatic heterocycles. The molecule has 4 fully saturated rings. The summed E-state index contributed by atoms with van der Waals surface area (Å²) >= 11 is 0. The molecule has 3 aromatic rings. The first kappa shape index (κ1) is 35.6. The maximum atomic E-state index is 13.6. The molecule has 0 radical (unpaired) electrons. The number of aliphatic hydroxyl groups excluding tert-OH is 1. The second-order valence-corrected chi connectivity index (χ2v) is 16.1. The Morgan fingerprint density at radius 1 is 0.882 bits per heavy atom. The SMILES string of the molecule is CCCC1CCC(C2CCN(c3cnc(-c4ccc(C[C@H](NC(=O)c5ccc(C6(C)CC6)cc5)C(=O)N5CC(C(O)O)C5)cc4)nc3)CC2)CC1. The van der Waals surface area contributed by atoms with Crippen LogP contribution in [-0.2, 0) is 16.6 Å². The van der Waals surface area contributed by atoms with Crippen LogP contribution < -0.4 is 10.2 Å². The number of benzene rings is 2. The lowest BCUT2D eigenvalue weighted by Gasteiger charge is -2.41. The molecular weight excluding hydrogens is 638 g/mol. The van der Waals surface area contributed by atoms with Gasteiger partial charge in [-0.1, -0.05) is 75.9 Å². The van der Waals surface area contributed by atoms with Crippen LogP contribution in [0.25, 0.3) is 11.4 Å². The van der Waals surface area contributed by atoms with Gasteiger partial charge in [-0.2, -0.15) is 0 Å². The molecule has 9 nitrogen and oxygen atoms in total.